The zero-order chi connectivity index (χ0) is 22.7. The summed E-state index contributed by atoms with van der Waals surface area (Å²) in [7, 11) is 0. The molecule has 1 fully saturated rings. The molecule has 1 amide bonds. The summed E-state index contributed by atoms with van der Waals surface area (Å²) in [6, 6.07) is 17.1. The molecule has 0 radical (unpaired) electrons. The average Bonchev–Trinajstić information content (AvgIpc) is 3.41. The molecule has 32 heavy (non-hydrogen) atoms. The summed E-state index contributed by atoms with van der Waals surface area (Å²) in [6.45, 7) is 6.00. The molecular weight excluding hydrogens is 422 g/mol. The van der Waals surface area contributed by atoms with Crippen LogP contribution in [0.4, 0.5) is 5.13 Å². The fourth-order valence-corrected chi connectivity index (χ4v) is 4.90. The number of likely N-dealkylation sites (tertiary alicyclic amines) is 1. The van der Waals surface area contributed by atoms with Crippen molar-refractivity contribution < 1.29 is 14.7 Å². The van der Waals surface area contributed by atoms with Crippen molar-refractivity contribution in [1.82, 2.24) is 9.88 Å². The molecular formula is C25H27N3O3S. The fraction of sp³-hybridized carbons (Fsp3) is 0.320. The summed E-state index contributed by atoms with van der Waals surface area (Å²) in [5, 5.41) is 10.3. The van der Waals surface area contributed by atoms with Gasteiger partial charge in [0.2, 0.25) is 0 Å². The minimum absolute atomic E-state index is 0.214. The molecule has 1 aliphatic rings. The molecule has 1 atom stereocenters. The second-order valence-corrected chi connectivity index (χ2v) is 9.35. The third kappa shape index (κ3) is 4.83. The number of hydrogen-bond acceptors (Lipinski definition) is 5. The number of carboxylic acids is 1. The Labute approximate surface area is 192 Å². The van der Waals surface area contributed by atoms with Crippen LogP contribution in [0.1, 0.15) is 44.9 Å². The first-order valence-corrected chi connectivity index (χ1v) is 11.6. The molecule has 2 aromatic carbocycles. The molecule has 0 aliphatic carbocycles. The third-order valence-electron chi connectivity index (χ3n) is 5.88. The maximum atomic E-state index is 12.8. The van der Waals surface area contributed by atoms with E-state index in [0.717, 1.165) is 29.4 Å². The molecule has 1 aromatic heterocycles. The Kier molecular flexibility index (Phi) is 6.55. The quantitative estimate of drug-likeness (QED) is 0.568. The van der Waals surface area contributed by atoms with Gasteiger partial charge in [0.25, 0.3) is 5.91 Å². The SMILES string of the molecule is Cc1nc(N(Cc2ccccc2)Cc2ccc(C(=O)N3CCCC3C(=O)O)cc2)sc1C. The highest BCUT2D eigenvalue weighted by Crippen LogP contribution is 2.28. The monoisotopic (exact) mass is 449 g/mol. The van der Waals surface area contributed by atoms with Gasteiger partial charge in [-0.25, -0.2) is 9.78 Å². The van der Waals surface area contributed by atoms with E-state index in [0.29, 0.717) is 25.1 Å². The predicted molar refractivity (Wildman–Crippen MR) is 126 cm³/mol. The van der Waals surface area contributed by atoms with Crippen LogP contribution < -0.4 is 4.90 Å². The Balaban J connectivity index is 1.52. The highest BCUT2D eigenvalue weighted by Gasteiger charge is 2.34. The minimum atomic E-state index is -0.932. The summed E-state index contributed by atoms with van der Waals surface area (Å²) >= 11 is 1.69. The van der Waals surface area contributed by atoms with Crippen molar-refractivity contribution >= 4 is 28.3 Å². The second-order valence-electron chi connectivity index (χ2n) is 8.17. The van der Waals surface area contributed by atoms with E-state index in [2.05, 4.69) is 24.0 Å². The zero-order valence-electron chi connectivity index (χ0n) is 18.3. The second kappa shape index (κ2) is 9.53. The van der Waals surface area contributed by atoms with Gasteiger partial charge in [0.1, 0.15) is 6.04 Å². The van der Waals surface area contributed by atoms with E-state index < -0.39 is 12.0 Å². The Morgan fingerprint density at radius 2 is 1.72 bits per heavy atom. The zero-order valence-corrected chi connectivity index (χ0v) is 19.1. The fourth-order valence-electron chi connectivity index (χ4n) is 3.99. The van der Waals surface area contributed by atoms with E-state index in [1.807, 2.05) is 37.3 Å². The van der Waals surface area contributed by atoms with E-state index in [1.165, 1.54) is 15.3 Å². The van der Waals surface area contributed by atoms with Gasteiger partial charge in [0, 0.05) is 30.1 Å². The molecule has 1 unspecified atom stereocenters. The van der Waals surface area contributed by atoms with Crippen molar-refractivity contribution in [1.29, 1.82) is 0 Å². The molecule has 4 rings (SSSR count). The van der Waals surface area contributed by atoms with Crippen molar-refractivity contribution in [2.75, 3.05) is 11.4 Å². The van der Waals surface area contributed by atoms with E-state index in [4.69, 9.17) is 4.98 Å². The van der Waals surface area contributed by atoms with Crippen LogP contribution in [0.2, 0.25) is 0 Å². The number of carbonyl (C=O) groups excluding carboxylic acids is 1. The van der Waals surface area contributed by atoms with Gasteiger partial charge in [-0.1, -0.05) is 42.5 Å². The lowest BCUT2D eigenvalue weighted by Crippen LogP contribution is -2.40. The van der Waals surface area contributed by atoms with Crippen LogP contribution in [0.3, 0.4) is 0 Å². The molecule has 0 saturated carbocycles. The van der Waals surface area contributed by atoms with Gasteiger partial charge >= 0.3 is 5.97 Å². The highest BCUT2D eigenvalue weighted by molar-refractivity contribution is 7.15. The number of thiazole rings is 1. The molecule has 0 spiro atoms. The van der Waals surface area contributed by atoms with Crippen LogP contribution in [-0.4, -0.2) is 39.5 Å². The summed E-state index contributed by atoms with van der Waals surface area (Å²) in [6.07, 6.45) is 1.24. The first kappa shape index (κ1) is 22.0. The minimum Gasteiger partial charge on any atom is -0.480 e. The predicted octanol–water partition coefficient (Wildman–Crippen LogP) is 4.66. The molecule has 7 heteroatoms. The van der Waals surface area contributed by atoms with E-state index >= 15 is 0 Å². The maximum Gasteiger partial charge on any atom is 0.326 e. The number of aliphatic carboxylic acids is 1. The van der Waals surface area contributed by atoms with Crippen LogP contribution in [0.15, 0.2) is 54.6 Å². The molecule has 6 nitrogen and oxygen atoms in total. The Morgan fingerprint density at radius 1 is 1.06 bits per heavy atom. The van der Waals surface area contributed by atoms with Crippen molar-refractivity contribution in [3.05, 3.63) is 81.9 Å². The van der Waals surface area contributed by atoms with E-state index in [-0.39, 0.29) is 5.91 Å². The number of aryl methyl sites for hydroxylation is 2. The van der Waals surface area contributed by atoms with Gasteiger partial charge in [-0.3, -0.25) is 4.79 Å². The van der Waals surface area contributed by atoms with E-state index in [9.17, 15) is 14.7 Å². The highest BCUT2D eigenvalue weighted by atomic mass is 32.1. The lowest BCUT2D eigenvalue weighted by Gasteiger charge is -2.23. The van der Waals surface area contributed by atoms with Gasteiger partial charge in [-0.15, -0.1) is 11.3 Å². The summed E-state index contributed by atoms with van der Waals surface area (Å²) < 4.78 is 0. The number of nitrogens with zero attached hydrogens (tertiary/aromatic N) is 3. The van der Waals surface area contributed by atoms with E-state index in [1.54, 1.807) is 23.5 Å². The van der Waals surface area contributed by atoms with Crippen LogP contribution in [0.25, 0.3) is 0 Å². The third-order valence-corrected chi connectivity index (χ3v) is 7.01. The number of amides is 1. The van der Waals surface area contributed by atoms with Gasteiger partial charge in [0.05, 0.1) is 5.69 Å². The van der Waals surface area contributed by atoms with Crippen molar-refractivity contribution in [3.63, 3.8) is 0 Å². The summed E-state index contributed by atoms with van der Waals surface area (Å²) in [5.41, 5.74) is 3.85. The Morgan fingerprint density at radius 3 is 2.31 bits per heavy atom. The first-order valence-electron chi connectivity index (χ1n) is 10.8. The molecule has 0 bridgehead atoms. The van der Waals surface area contributed by atoms with Gasteiger partial charge < -0.3 is 14.9 Å². The number of rotatable bonds is 7. The maximum absolute atomic E-state index is 12.8. The molecule has 1 N–H and O–H groups in total. The van der Waals surface area contributed by atoms with Gasteiger partial charge in [-0.05, 0) is 49.9 Å². The molecule has 3 aromatic rings. The normalized spacial score (nSPS) is 15.7. The van der Waals surface area contributed by atoms with Crippen molar-refractivity contribution in [2.24, 2.45) is 0 Å². The smallest absolute Gasteiger partial charge is 0.326 e. The largest absolute Gasteiger partial charge is 0.480 e. The Hall–Kier alpha value is -3.19. The number of benzene rings is 2. The Bertz CT molecular complexity index is 1080. The van der Waals surface area contributed by atoms with Crippen LogP contribution in [0.5, 0.6) is 0 Å². The topological polar surface area (TPSA) is 73.7 Å². The summed E-state index contributed by atoms with van der Waals surface area (Å²) in [4.78, 5) is 34.0. The standard InChI is InChI=1S/C25H27N3O3S/c1-17-18(2)32-25(26-17)27(15-19-7-4-3-5-8-19)16-20-10-12-21(13-11-20)23(29)28-14-6-9-22(28)24(30)31/h3-5,7-8,10-13,22H,6,9,14-16H2,1-2H3,(H,30,31). The number of carboxylic acid groups (broad SMARTS) is 1. The number of aromatic nitrogens is 1. The first-order chi connectivity index (χ1) is 15.4. The summed E-state index contributed by atoms with van der Waals surface area (Å²) in [5.74, 6) is -1.15. The molecule has 1 saturated heterocycles. The van der Waals surface area contributed by atoms with Crippen LogP contribution in [0, 0.1) is 13.8 Å². The average molecular weight is 450 g/mol. The molecule has 2 heterocycles. The number of carbonyl (C=O) groups is 2. The lowest BCUT2D eigenvalue weighted by molar-refractivity contribution is -0.141. The van der Waals surface area contributed by atoms with Crippen molar-refractivity contribution in [2.45, 2.75) is 45.8 Å². The van der Waals surface area contributed by atoms with Crippen LogP contribution >= 0.6 is 11.3 Å². The van der Waals surface area contributed by atoms with Crippen molar-refractivity contribution in [3.8, 4) is 0 Å². The number of hydrogen-bond donors (Lipinski definition) is 1. The molecule has 1 aliphatic heterocycles. The number of anilines is 1. The van der Waals surface area contributed by atoms with Gasteiger partial charge in [-0.2, -0.15) is 0 Å². The molecule has 166 valence electrons. The van der Waals surface area contributed by atoms with Gasteiger partial charge in [0.15, 0.2) is 5.13 Å². The lowest BCUT2D eigenvalue weighted by atomic mass is 10.1. The van der Waals surface area contributed by atoms with Crippen LogP contribution in [-0.2, 0) is 17.9 Å².